The van der Waals surface area contributed by atoms with Gasteiger partial charge in [-0.05, 0) is 18.1 Å². The maximum absolute atomic E-state index is 12.8. The summed E-state index contributed by atoms with van der Waals surface area (Å²) >= 11 is 0. The molecule has 0 atom stereocenters. The van der Waals surface area contributed by atoms with E-state index in [9.17, 15) is 4.79 Å². The van der Waals surface area contributed by atoms with Gasteiger partial charge in [0.1, 0.15) is 5.57 Å². The molecule has 0 aliphatic heterocycles. The number of fused-ring (bicyclic) bond motifs is 1. The highest BCUT2D eigenvalue weighted by Crippen LogP contribution is 2.50. The summed E-state index contributed by atoms with van der Waals surface area (Å²) in [6.07, 6.45) is 0. The number of hydrogen-bond donors (Lipinski definition) is 0. The molecule has 0 N–H and O–H groups in total. The molecular formula is C20H20O4. The van der Waals surface area contributed by atoms with Crippen LogP contribution < -0.4 is 0 Å². The standard InChI is InChI=1S/C20H20O4/c1-4-24-19(21)18-17(14-10-6-5-7-11-14)15-12-8-9-13-16(15)20(18,22-2)23-3/h5-13H,4H2,1-3H3. The smallest absolute Gasteiger partial charge is 0.340 e. The van der Waals surface area contributed by atoms with Crippen LogP contribution in [-0.4, -0.2) is 26.8 Å². The number of methoxy groups -OCH3 is 2. The Morgan fingerprint density at radius 3 is 2.21 bits per heavy atom. The normalized spacial score (nSPS) is 15.3. The second-order valence-electron chi connectivity index (χ2n) is 5.41. The fourth-order valence-electron chi connectivity index (χ4n) is 3.27. The van der Waals surface area contributed by atoms with E-state index in [0.29, 0.717) is 5.57 Å². The molecule has 0 fully saturated rings. The summed E-state index contributed by atoms with van der Waals surface area (Å²) in [5.41, 5.74) is 3.80. The van der Waals surface area contributed by atoms with Gasteiger partial charge in [0.2, 0.25) is 5.79 Å². The molecule has 0 spiro atoms. The average Bonchev–Trinajstić information content (AvgIpc) is 2.93. The fraction of sp³-hybridized carbons (Fsp3) is 0.250. The van der Waals surface area contributed by atoms with Gasteiger partial charge >= 0.3 is 5.97 Å². The van der Waals surface area contributed by atoms with Crippen molar-refractivity contribution >= 4 is 11.5 Å². The van der Waals surface area contributed by atoms with E-state index in [1.807, 2.05) is 54.6 Å². The predicted molar refractivity (Wildman–Crippen MR) is 91.2 cm³/mol. The van der Waals surface area contributed by atoms with E-state index in [4.69, 9.17) is 14.2 Å². The summed E-state index contributed by atoms with van der Waals surface area (Å²) in [5, 5.41) is 0. The van der Waals surface area contributed by atoms with Crippen molar-refractivity contribution in [3.05, 3.63) is 76.9 Å². The van der Waals surface area contributed by atoms with Crippen LogP contribution in [-0.2, 0) is 24.8 Å². The number of hydrogen-bond acceptors (Lipinski definition) is 4. The molecule has 1 aliphatic rings. The SMILES string of the molecule is CCOC(=O)C1=C(c2ccccc2)c2ccccc2C1(OC)OC. The van der Waals surface area contributed by atoms with Crippen LogP contribution in [0.3, 0.4) is 0 Å². The molecule has 0 bridgehead atoms. The first-order valence-electron chi connectivity index (χ1n) is 7.87. The van der Waals surface area contributed by atoms with Crippen LogP contribution in [0.1, 0.15) is 23.6 Å². The molecule has 4 heteroatoms. The summed E-state index contributed by atoms with van der Waals surface area (Å²) in [4.78, 5) is 12.8. The van der Waals surface area contributed by atoms with Gasteiger partial charge < -0.3 is 14.2 Å². The molecule has 0 heterocycles. The molecule has 0 saturated carbocycles. The van der Waals surface area contributed by atoms with Crippen LogP contribution in [0.25, 0.3) is 5.57 Å². The third-order valence-corrected chi connectivity index (χ3v) is 4.25. The van der Waals surface area contributed by atoms with Crippen molar-refractivity contribution in [1.82, 2.24) is 0 Å². The first-order valence-corrected chi connectivity index (χ1v) is 7.87. The van der Waals surface area contributed by atoms with Gasteiger partial charge in [0, 0.05) is 25.4 Å². The van der Waals surface area contributed by atoms with Crippen molar-refractivity contribution in [1.29, 1.82) is 0 Å². The summed E-state index contributed by atoms with van der Waals surface area (Å²) in [6, 6.07) is 17.5. The first-order chi connectivity index (χ1) is 11.7. The van der Waals surface area contributed by atoms with Crippen LogP contribution >= 0.6 is 0 Å². The highest BCUT2D eigenvalue weighted by Gasteiger charge is 2.50. The average molecular weight is 324 g/mol. The van der Waals surface area contributed by atoms with Gasteiger partial charge in [-0.3, -0.25) is 0 Å². The van der Waals surface area contributed by atoms with Crippen molar-refractivity contribution in [2.75, 3.05) is 20.8 Å². The Kier molecular flexibility index (Phi) is 4.51. The molecule has 0 unspecified atom stereocenters. The number of carbonyl (C=O) groups is 1. The number of rotatable bonds is 5. The van der Waals surface area contributed by atoms with E-state index in [1.54, 1.807) is 6.92 Å². The molecule has 0 amide bonds. The van der Waals surface area contributed by atoms with E-state index in [2.05, 4.69) is 0 Å². The summed E-state index contributed by atoms with van der Waals surface area (Å²) in [5.74, 6) is -1.70. The maximum Gasteiger partial charge on any atom is 0.340 e. The summed E-state index contributed by atoms with van der Waals surface area (Å²) in [7, 11) is 3.07. The van der Waals surface area contributed by atoms with Gasteiger partial charge in [0.05, 0.1) is 6.61 Å². The van der Waals surface area contributed by atoms with Crippen molar-refractivity contribution in [2.45, 2.75) is 12.7 Å². The van der Waals surface area contributed by atoms with Crippen LogP contribution in [0, 0.1) is 0 Å². The van der Waals surface area contributed by atoms with Gasteiger partial charge in [0.15, 0.2) is 0 Å². The molecule has 4 nitrogen and oxygen atoms in total. The van der Waals surface area contributed by atoms with Crippen LogP contribution in [0.2, 0.25) is 0 Å². The number of carbonyl (C=O) groups excluding carboxylic acids is 1. The highest BCUT2D eigenvalue weighted by molar-refractivity contribution is 6.07. The van der Waals surface area contributed by atoms with Crippen LogP contribution in [0.15, 0.2) is 60.2 Å². The Bertz CT molecular complexity index is 773. The topological polar surface area (TPSA) is 44.8 Å². The monoisotopic (exact) mass is 324 g/mol. The van der Waals surface area contributed by atoms with Gasteiger partial charge in [-0.15, -0.1) is 0 Å². The maximum atomic E-state index is 12.8. The van der Waals surface area contributed by atoms with Gasteiger partial charge in [-0.25, -0.2) is 4.79 Å². The Morgan fingerprint density at radius 2 is 1.58 bits per heavy atom. The highest BCUT2D eigenvalue weighted by atomic mass is 16.7. The Balaban J connectivity index is 2.35. The molecule has 124 valence electrons. The van der Waals surface area contributed by atoms with Gasteiger partial charge in [0.25, 0.3) is 0 Å². The summed E-state index contributed by atoms with van der Waals surface area (Å²) in [6.45, 7) is 2.06. The zero-order valence-corrected chi connectivity index (χ0v) is 14.0. The molecule has 24 heavy (non-hydrogen) atoms. The predicted octanol–water partition coefficient (Wildman–Crippen LogP) is 3.51. The molecular weight excluding hydrogens is 304 g/mol. The lowest BCUT2D eigenvalue weighted by atomic mass is 9.97. The second kappa shape index (κ2) is 6.59. The molecule has 0 aromatic heterocycles. The van der Waals surface area contributed by atoms with Crippen LogP contribution in [0.4, 0.5) is 0 Å². The number of benzene rings is 2. The van der Waals surface area contributed by atoms with Crippen molar-refractivity contribution < 1.29 is 19.0 Å². The largest absolute Gasteiger partial charge is 0.462 e. The van der Waals surface area contributed by atoms with E-state index in [0.717, 1.165) is 22.3 Å². The number of ether oxygens (including phenoxy) is 3. The fourth-order valence-corrected chi connectivity index (χ4v) is 3.27. The Morgan fingerprint density at radius 1 is 0.958 bits per heavy atom. The third kappa shape index (κ3) is 2.35. The number of esters is 1. The third-order valence-electron chi connectivity index (χ3n) is 4.25. The van der Waals surface area contributed by atoms with Crippen molar-refractivity contribution in [2.24, 2.45) is 0 Å². The quantitative estimate of drug-likeness (QED) is 0.624. The molecule has 1 aliphatic carbocycles. The van der Waals surface area contributed by atoms with Gasteiger partial charge in [-0.1, -0.05) is 54.6 Å². The lowest BCUT2D eigenvalue weighted by molar-refractivity contribution is -0.192. The zero-order chi connectivity index (χ0) is 17.2. The second-order valence-corrected chi connectivity index (χ2v) is 5.41. The molecule has 0 saturated heterocycles. The lowest BCUT2D eigenvalue weighted by Gasteiger charge is -2.29. The summed E-state index contributed by atoms with van der Waals surface area (Å²) < 4.78 is 16.8. The van der Waals surface area contributed by atoms with E-state index in [-0.39, 0.29) is 6.61 Å². The van der Waals surface area contributed by atoms with Crippen molar-refractivity contribution in [3.63, 3.8) is 0 Å². The molecule has 0 radical (unpaired) electrons. The lowest BCUT2D eigenvalue weighted by Crippen LogP contribution is -2.35. The zero-order valence-electron chi connectivity index (χ0n) is 14.0. The minimum absolute atomic E-state index is 0.282. The molecule has 2 aromatic carbocycles. The van der Waals surface area contributed by atoms with E-state index < -0.39 is 11.8 Å². The first kappa shape index (κ1) is 16.4. The van der Waals surface area contributed by atoms with Gasteiger partial charge in [-0.2, -0.15) is 0 Å². The Labute approximate surface area is 141 Å². The van der Waals surface area contributed by atoms with E-state index in [1.165, 1.54) is 14.2 Å². The minimum Gasteiger partial charge on any atom is -0.462 e. The van der Waals surface area contributed by atoms with Crippen LogP contribution in [0.5, 0.6) is 0 Å². The van der Waals surface area contributed by atoms with Crippen molar-refractivity contribution in [3.8, 4) is 0 Å². The molecule has 2 aromatic rings. The molecule has 3 rings (SSSR count). The van der Waals surface area contributed by atoms with E-state index >= 15 is 0 Å². The minimum atomic E-state index is -1.27. The Hall–Kier alpha value is -2.43.